The first-order valence-electron chi connectivity index (χ1n) is 6.46. The molecule has 0 aromatic carbocycles. The number of unbranched alkanes of at least 4 members (excludes halogenated alkanes) is 3. The average molecular weight is 215 g/mol. The molecule has 2 nitrogen and oxygen atoms in total. The third-order valence-electron chi connectivity index (χ3n) is 3.14. The molecule has 0 saturated heterocycles. The van der Waals surface area contributed by atoms with Crippen LogP contribution in [-0.4, -0.2) is 23.3 Å². The SMILES string of the molecule is CCCCCCC(C)(CO)NC(C)CC. The zero-order chi connectivity index (χ0) is 11.7. The van der Waals surface area contributed by atoms with Gasteiger partial charge in [0.05, 0.1) is 6.61 Å². The summed E-state index contributed by atoms with van der Waals surface area (Å²) in [5, 5.41) is 12.9. The minimum absolute atomic E-state index is 0.0802. The van der Waals surface area contributed by atoms with Gasteiger partial charge in [0.15, 0.2) is 0 Å². The summed E-state index contributed by atoms with van der Waals surface area (Å²) >= 11 is 0. The van der Waals surface area contributed by atoms with Crippen LogP contribution < -0.4 is 5.32 Å². The smallest absolute Gasteiger partial charge is 0.0610 e. The largest absolute Gasteiger partial charge is 0.394 e. The van der Waals surface area contributed by atoms with Crippen molar-refractivity contribution in [1.29, 1.82) is 0 Å². The van der Waals surface area contributed by atoms with Gasteiger partial charge in [0.25, 0.3) is 0 Å². The van der Waals surface area contributed by atoms with Crippen LogP contribution in [0, 0.1) is 0 Å². The van der Waals surface area contributed by atoms with Gasteiger partial charge in [-0.05, 0) is 26.7 Å². The maximum atomic E-state index is 9.42. The number of aliphatic hydroxyl groups is 1. The lowest BCUT2D eigenvalue weighted by atomic mass is 9.93. The molecule has 0 bridgehead atoms. The van der Waals surface area contributed by atoms with Crippen LogP contribution in [0.3, 0.4) is 0 Å². The van der Waals surface area contributed by atoms with Gasteiger partial charge in [0.2, 0.25) is 0 Å². The summed E-state index contributed by atoms with van der Waals surface area (Å²) in [5.74, 6) is 0. The summed E-state index contributed by atoms with van der Waals surface area (Å²) in [6, 6.07) is 0.494. The van der Waals surface area contributed by atoms with E-state index in [1.807, 2.05) is 0 Å². The lowest BCUT2D eigenvalue weighted by Gasteiger charge is -2.32. The highest BCUT2D eigenvalue weighted by atomic mass is 16.3. The van der Waals surface area contributed by atoms with Crippen molar-refractivity contribution in [3.63, 3.8) is 0 Å². The number of nitrogens with one attached hydrogen (secondary N) is 1. The lowest BCUT2D eigenvalue weighted by molar-refractivity contribution is 0.150. The topological polar surface area (TPSA) is 32.3 Å². The van der Waals surface area contributed by atoms with Gasteiger partial charge < -0.3 is 10.4 Å². The molecule has 0 aliphatic carbocycles. The molecular weight excluding hydrogens is 186 g/mol. The van der Waals surface area contributed by atoms with Crippen LogP contribution in [-0.2, 0) is 0 Å². The monoisotopic (exact) mass is 215 g/mol. The predicted octanol–water partition coefficient (Wildman–Crippen LogP) is 3.10. The fourth-order valence-electron chi connectivity index (χ4n) is 1.84. The Balaban J connectivity index is 3.85. The number of hydrogen-bond donors (Lipinski definition) is 2. The van der Waals surface area contributed by atoms with Crippen molar-refractivity contribution in [1.82, 2.24) is 5.32 Å². The summed E-state index contributed by atoms with van der Waals surface area (Å²) in [6.07, 6.45) is 7.28. The van der Waals surface area contributed by atoms with Crippen LogP contribution in [0.25, 0.3) is 0 Å². The summed E-state index contributed by atoms with van der Waals surface area (Å²) in [4.78, 5) is 0. The van der Waals surface area contributed by atoms with Crippen molar-refractivity contribution in [2.75, 3.05) is 6.61 Å². The molecule has 0 aliphatic rings. The maximum Gasteiger partial charge on any atom is 0.0610 e. The molecule has 0 fully saturated rings. The fraction of sp³-hybridized carbons (Fsp3) is 1.00. The van der Waals surface area contributed by atoms with E-state index in [0.717, 1.165) is 12.8 Å². The zero-order valence-corrected chi connectivity index (χ0v) is 11.0. The van der Waals surface area contributed by atoms with Crippen molar-refractivity contribution in [3.05, 3.63) is 0 Å². The van der Waals surface area contributed by atoms with E-state index >= 15 is 0 Å². The van der Waals surface area contributed by atoms with Crippen LogP contribution in [0.5, 0.6) is 0 Å². The summed E-state index contributed by atoms with van der Waals surface area (Å²) in [7, 11) is 0. The summed E-state index contributed by atoms with van der Waals surface area (Å²) < 4.78 is 0. The van der Waals surface area contributed by atoms with Gasteiger partial charge in [-0.25, -0.2) is 0 Å². The third-order valence-corrected chi connectivity index (χ3v) is 3.14. The van der Waals surface area contributed by atoms with Crippen LogP contribution in [0.1, 0.15) is 66.2 Å². The van der Waals surface area contributed by atoms with Crippen molar-refractivity contribution >= 4 is 0 Å². The van der Waals surface area contributed by atoms with Gasteiger partial charge in [-0.1, -0.05) is 39.5 Å². The van der Waals surface area contributed by atoms with Gasteiger partial charge >= 0.3 is 0 Å². The molecule has 92 valence electrons. The molecular formula is C13H29NO. The van der Waals surface area contributed by atoms with E-state index in [-0.39, 0.29) is 12.1 Å². The van der Waals surface area contributed by atoms with E-state index in [2.05, 4.69) is 33.0 Å². The fourth-order valence-corrected chi connectivity index (χ4v) is 1.84. The molecule has 2 unspecified atom stereocenters. The number of rotatable bonds is 9. The summed E-state index contributed by atoms with van der Waals surface area (Å²) in [6.45, 7) is 8.95. The highest BCUT2D eigenvalue weighted by molar-refractivity contribution is 4.84. The Morgan fingerprint density at radius 2 is 1.87 bits per heavy atom. The van der Waals surface area contributed by atoms with E-state index in [1.165, 1.54) is 25.7 Å². The minimum Gasteiger partial charge on any atom is -0.394 e. The normalized spacial score (nSPS) is 17.4. The standard InChI is InChI=1S/C13H29NO/c1-5-7-8-9-10-13(4,11-15)14-12(3)6-2/h12,14-15H,5-11H2,1-4H3. The van der Waals surface area contributed by atoms with Crippen LogP contribution in [0.4, 0.5) is 0 Å². The van der Waals surface area contributed by atoms with Crippen molar-refractivity contribution < 1.29 is 5.11 Å². The van der Waals surface area contributed by atoms with Crippen molar-refractivity contribution in [3.8, 4) is 0 Å². The molecule has 0 heterocycles. The molecule has 0 rings (SSSR count). The second-order valence-corrected chi connectivity index (χ2v) is 4.98. The third kappa shape index (κ3) is 6.91. The van der Waals surface area contributed by atoms with Gasteiger partial charge in [-0.3, -0.25) is 0 Å². The predicted molar refractivity (Wildman–Crippen MR) is 67.1 cm³/mol. The Morgan fingerprint density at radius 1 is 1.20 bits per heavy atom. The van der Waals surface area contributed by atoms with Gasteiger partial charge in [-0.2, -0.15) is 0 Å². The molecule has 2 N–H and O–H groups in total. The highest BCUT2D eigenvalue weighted by Crippen LogP contribution is 2.16. The molecule has 0 radical (unpaired) electrons. The first-order valence-corrected chi connectivity index (χ1v) is 6.46. The first-order chi connectivity index (χ1) is 7.08. The Bertz CT molecular complexity index is 149. The zero-order valence-electron chi connectivity index (χ0n) is 11.0. The van der Waals surface area contributed by atoms with E-state index in [9.17, 15) is 5.11 Å². The molecule has 0 amide bonds. The van der Waals surface area contributed by atoms with Gasteiger partial charge in [0.1, 0.15) is 0 Å². The van der Waals surface area contributed by atoms with Gasteiger partial charge in [-0.15, -0.1) is 0 Å². The molecule has 0 aromatic heterocycles. The Hall–Kier alpha value is -0.0800. The molecule has 2 atom stereocenters. The number of hydrogen-bond acceptors (Lipinski definition) is 2. The van der Waals surface area contributed by atoms with E-state index in [1.54, 1.807) is 0 Å². The quantitative estimate of drug-likeness (QED) is 0.579. The molecule has 0 aliphatic heterocycles. The molecule has 15 heavy (non-hydrogen) atoms. The van der Waals surface area contributed by atoms with E-state index in [4.69, 9.17) is 0 Å². The van der Waals surface area contributed by atoms with E-state index in [0.29, 0.717) is 6.04 Å². The Morgan fingerprint density at radius 3 is 2.33 bits per heavy atom. The molecule has 0 spiro atoms. The lowest BCUT2D eigenvalue weighted by Crippen LogP contribution is -2.49. The Kier molecular flexibility index (Phi) is 8.07. The van der Waals surface area contributed by atoms with Gasteiger partial charge in [0, 0.05) is 11.6 Å². The minimum atomic E-state index is -0.0802. The molecule has 0 aromatic rings. The second-order valence-electron chi connectivity index (χ2n) is 4.98. The number of aliphatic hydroxyl groups excluding tert-OH is 1. The highest BCUT2D eigenvalue weighted by Gasteiger charge is 2.23. The van der Waals surface area contributed by atoms with Crippen LogP contribution >= 0.6 is 0 Å². The maximum absolute atomic E-state index is 9.42. The van der Waals surface area contributed by atoms with Crippen LogP contribution in [0.15, 0.2) is 0 Å². The van der Waals surface area contributed by atoms with Crippen molar-refractivity contribution in [2.45, 2.75) is 77.8 Å². The van der Waals surface area contributed by atoms with Crippen molar-refractivity contribution in [2.24, 2.45) is 0 Å². The molecule has 0 saturated carbocycles. The van der Waals surface area contributed by atoms with E-state index < -0.39 is 0 Å². The van der Waals surface area contributed by atoms with Crippen LogP contribution in [0.2, 0.25) is 0 Å². The molecule has 2 heteroatoms. The second kappa shape index (κ2) is 8.12. The Labute approximate surface area is 95.5 Å². The average Bonchev–Trinajstić information content (AvgIpc) is 2.24. The first kappa shape index (κ1) is 14.9. The summed E-state index contributed by atoms with van der Waals surface area (Å²) in [5.41, 5.74) is -0.0802.